The SMILES string of the molecule is CCC(C)Cn1c(N)nc2c(C)nn(C)c21. The minimum Gasteiger partial charge on any atom is -0.369 e. The minimum absolute atomic E-state index is 0.589. The summed E-state index contributed by atoms with van der Waals surface area (Å²) in [6, 6.07) is 0. The van der Waals surface area contributed by atoms with Crippen LogP contribution in [-0.2, 0) is 13.6 Å². The number of aromatic nitrogens is 4. The number of fused-ring (bicyclic) bond motifs is 1. The highest BCUT2D eigenvalue weighted by Gasteiger charge is 2.16. The zero-order chi connectivity index (χ0) is 11.9. The standard InChI is InChI=1S/C11H19N5/c1-5-7(2)6-16-10-9(13-11(16)12)8(3)14-15(10)4/h7H,5-6H2,1-4H3,(H2,12,13). The number of nitrogens with zero attached hydrogens (tertiary/aromatic N) is 4. The van der Waals surface area contributed by atoms with Gasteiger partial charge in [0.05, 0.1) is 5.69 Å². The van der Waals surface area contributed by atoms with E-state index >= 15 is 0 Å². The summed E-state index contributed by atoms with van der Waals surface area (Å²) >= 11 is 0. The molecular formula is C11H19N5. The quantitative estimate of drug-likeness (QED) is 0.858. The Morgan fingerprint density at radius 1 is 1.44 bits per heavy atom. The lowest BCUT2D eigenvalue weighted by Gasteiger charge is -2.11. The Kier molecular flexibility index (Phi) is 2.61. The summed E-state index contributed by atoms with van der Waals surface area (Å²) in [5.41, 5.74) is 8.83. The van der Waals surface area contributed by atoms with Gasteiger partial charge in [0.15, 0.2) is 5.65 Å². The molecule has 0 amide bonds. The van der Waals surface area contributed by atoms with E-state index in [4.69, 9.17) is 5.73 Å². The Hall–Kier alpha value is -1.52. The highest BCUT2D eigenvalue weighted by molar-refractivity contribution is 5.77. The van der Waals surface area contributed by atoms with Crippen molar-refractivity contribution in [2.24, 2.45) is 13.0 Å². The van der Waals surface area contributed by atoms with Gasteiger partial charge in [0.25, 0.3) is 0 Å². The molecule has 2 heterocycles. The first-order valence-electron chi connectivity index (χ1n) is 5.69. The molecule has 0 saturated carbocycles. The van der Waals surface area contributed by atoms with Crippen molar-refractivity contribution in [1.82, 2.24) is 19.3 Å². The fraction of sp³-hybridized carbons (Fsp3) is 0.636. The maximum absolute atomic E-state index is 5.95. The van der Waals surface area contributed by atoms with Gasteiger partial charge in [0.1, 0.15) is 5.52 Å². The number of rotatable bonds is 3. The zero-order valence-electron chi connectivity index (χ0n) is 10.4. The number of aryl methyl sites for hydroxylation is 2. The van der Waals surface area contributed by atoms with Crippen LogP contribution in [0.2, 0.25) is 0 Å². The third-order valence-corrected chi connectivity index (χ3v) is 3.11. The van der Waals surface area contributed by atoms with Crippen molar-refractivity contribution >= 4 is 17.1 Å². The summed E-state index contributed by atoms with van der Waals surface area (Å²) in [5, 5.41) is 4.36. The molecule has 0 bridgehead atoms. The second-order valence-electron chi connectivity index (χ2n) is 4.48. The number of anilines is 1. The van der Waals surface area contributed by atoms with Crippen LogP contribution < -0.4 is 5.73 Å². The molecule has 5 heteroatoms. The Bertz CT molecular complexity index is 508. The van der Waals surface area contributed by atoms with Crippen molar-refractivity contribution in [3.05, 3.63) is 5.69 Å². The third-order valence-electron chi connectivity index (χ3n) is 3.11. The summed E-state index contributed by atoms with van der Waals surface area (Å²) in [4.78, 5) is 4.38. The topological polar surface area (TPSA) is 61.7 Å². The molecule has 0 aromatic carbocycles. The van der Waals surface area contributed by atoms with Crippen molar-refractivity contribution in [1.29, 1.82) is 0 Å². The van der Waals surface area contributed by atoms with E-state index in [0.29, 0.717) is 11.9 Å². The van der Waals surface area contributed by atoms with E-state index in [0.717, 1.165) is 29.8 Å². The van der Waals surface area contributed by atoms with E-state index < -0.39 is 0 Å². The van der Waals surface area contributed by atoms with E-state index in [2.05, 4.69) is 28.5 Å². The Balaban J connectivity index is 2.54. The largest absolute Gasteiger partial charge is 0.369 e. The van der Waals surface area contributed by atoms with Gasteiger partial charge in [0, 0.05) is 13.6 Å². The fourth-order valence-electron chi connectivity index (χ4n) is 1.97. The lowest BCUT2D eigenvalue weighted by atomic mass is 10.1. The summed E-state index contributed by atoms with van der Waals surface area (Å²) in [6.45, 7) is 7.26. The van der Waals surface area contributed by atoms with Gasteiger partial charge in [-0.3, -0.25) is 9.25 Å². The molecule has 1 unspecified atom stereocenters. The first kappa shape index (κ1) is 11.0. The molecule has 0 aliphatic carbocycles. The maximum Gasteiger partial charge on any atom is 0.202 e. The molecular weight excluding hydrogens is 202 g/mol. The van der Waals surface area contributed by atoms with E-state index in [-0.39, 0.29) is 0 Å². The molecule has 2 aromatic heterocycles. The van der Waals surface area contributed by atoms with Crippen molar-refractivity contribution < 1.29 is 0 Å². The average molecular weight is 221 g/mol. The number of hydrogen-bond acceptors (Lipinski definition) is 3. The van der Waals surface area contributed by atoms with Crippen LogP contribution in [0.4, 0.5) is 5.95 Å². The summed E-state index contributed by atoms with van der Waals surface area (Å²) in [5.74, 6) is 1.18. The molecule has 2 aromatic rings. The van der Waals surface area contributed by atoms with Crippen molar-refractivity contribution in [3.8, 4) is 0 Å². The third kappa shape index (κ3) is 1.56. The molecule has 2 rings (SSSR count). The van der Waals surface area contributed by atoms with E-state index in [9.17, 15) is 0 Å². The van der Waals surface area contributed by atoms with Gasteiger partial charge in [-0.1, -0.05) is 20.3 Å². The molecule has 5 nitrogen and oxygen atoms in total. The van der Waals surface area contributed by atoms with Crippen LogP contribution in [0.25, 0.3) is 11.2 Å². The van der Waals surface area contributed by atoms with Crippen LogP contribution in [0.1, 0.15) is 26.0 Å². The van der Waals surface area contributed by atoms with Crippen molar-refractivity contribution in [3.63, 3.8) is 0 Å². The Morgan fingerprint density at radius 3 is 2.75 bits per heavy atom. The average Bonchev–Trinajstić information content (AvgIpc) is 2.68. The van der Waals surface area contributed by atoms with Gasteiger partial charge in [-0.05, 0) is 12.8 Å². The van der Waals surface area contributed by atoms with Gasteiger partial charge in [0.2, 0.25) is 5.95 Å². The highest BCUT2D eigenvalue weighted by atomic mass is 15.3. The molecule has 1 atom stereocenters. The predicted octanol–water partition coefficient (Wildman–Crippen LogP) is 1.71. The molecule has 2 N–H and O–H groups in total. The molecule has 16 heavy (non-hydrogen) atoms. The van der Waals surface area contributed by atoms with Gasteiger partial charge < -0.3 is 5.73 Å². The van der Waals surface area contributed by atoms with Gasteiger partial charge in [-0.25, -0.2) is 4.98 Å². The fourth-order valence-corrected chi connectivity index (χ4v) is 1.97. The minimum atomic E-state index is 0.589. The normalized spacial score (nSPS) is 13.5. The van der Waals surface area contributed by atoms with Crippen LogP contribution in [0, 0.1) is 12.8 Å². The van der Waals surface area contributed by atoms with Crippen LogP contribution in [-0.4, -0.2) is 19.3 Å². The van der Waals surface area contributed by atoms with E-state index in [1.807, 2.05) is 18.7 Å². The smallest absolute Gasteiger partial charge is 0.202 e. The van der Waals surface area contributed by atoms with Crippen molar-refractivity contribution in [2.45, 2.75) is 33.7 Å². The van der Waals surface area contributed by atoms with E-state index in [1.165, 1.54) is 0 Å². The first-order chi connectivity index (χ1) is 7.54. The monoisotopic (exact) mass is 221 g/mol. The van der Waals surface area contributed by atoms with Gasteiger partial charge >= 0.3 is 0 Å². The zero-order valence-corrected chi connectivity index (χ0v) is 10.4. The van der Waals surface area contributed by atoms with E-state index in [1.54, 1.807) is 0 Å². The van der Waals surface area contributed by atoms with Crippen LogP contribution >= 0.6 is 0 Å². The Labute approximate surface area is 95.3 Å². The number of hydrogen-bond donors (Lipinski definition) is 1. The van der Waals surface area contributed by atoms with Crippen molar-refractivity contribution in [2.75, 3.05) is 5.73 Å². The molecule has 0 spiro atoms. The van der Waals surface area contributed by atoms with Crippen LogP contribution in [0.15, 0.2) is 0 Å². The summed E-state index contributed by atoms with van der Waals surface area (Å²) in [6.07, 6.45) is 1.13. The van der Waals surface area contributed by atoms with Crippen LogP contribution in [0.5, 0.6) is 0 Å². The molecule has 0 fully saturated rings. The predicted molar refractivity (Wildman–Crippen MR) is 65.1 cm³/mol. The molecule has 0 aliphatic rings. The molecule has 0 aliphatic heterocycles. The first-order valence-corrected chi connectivity index (χ1v) is 5.69. The number of nitrogen functional groups attached to an aromatic ring is 1. The molecule has 88 valence electrons. The second-order valence-corrected chi connectivity index (χ2v) is 4.48. The van der Waals surface area contributed by atoms with Crippen LogP contribution in [0.3, 0.4) is 0 Å². The summed E-state index contributed by atoms with van der Waals surface area (Å²) < 4.78 is 3.92. The number of nitrogens with two attached hydrogens (primary N) is 1. The molecule has 0 radical (unpaired) electrons. The number of imidazole rings is 1. The second kappa shape index (κ2) is 3.81. The lowest BCUT2D eigenvalue weighted by molar-refractivity contribution is 0.474. The Morgan fingerprint density at radius 2 is 2.12 bits per heavy atom. The maximum atomic E-state index is 5.95. The molecule has 0 saturated heterocycles. The lowest BCUT2D eigenvalue weighted by Crippen LogP contribution is -2.11. The van der Waals surface area contributed by atoms with Gasteiger partial charge in [-0.2, -0.15) is 5.10 Å². The highest BCUT2D eigenvalue weighted by Crippen LogP contribution is 2.21. The summed E-state index contributed by atoms with van der Waals surface area (Å²) in [7, 11) is 1.93. The van der Waals surface area contributed by atoms with Gasteiger partial charge in [-0.15, -0.1) is 0 Å².